The van der Waals surface area contributed by atoms with Gasteiger partial charge in [-0.1, -0.05) is 47.7 Å². The number of alkyl carbamates (subject to hydrolysis) is 1. The third kappa shape index (κ3) is 13.0. The Morgan fingerprint density at radius 3 is 1.67 bits per heavy atom. The summed E-state index contributed by atoms with van der Waals surface area (Å²) in [7, 11) is 0. The largest absolute Gasteiger partial charge is 0.465 e. The van der Waals surface area contributed by atoms with Crippen LogP contribution in [0.1, 0.15) is 91.8 Å². The van der Waals surface area contributed by atoms with Crippen LogP contribution in [0.4, 0.5) is 19.2 Å². The van der Waals surface area contributed by atoms with Gasteiger partial charge in [0.2, 0.25) is 11.9 Å². The number of hydrogen-bond donors (Lipinski definition) is 3. The molecule has 0 saturated heterocycles. The van der Waals surface area contributed by atoms with Crippen molar-refractivity contribution < 1.29 is 38.5 Å². The van der Waals surface area contributed by atoms with Crippen LogP contribution in [0.25, 0.3) is 28.1 Å². The molecule has 1 aromatic heterocycles. The number of hydrogen-bond acceptors (Lipinski definition) is 9. The minimum atomic E-state index is -1.33. The predicted octanol–water partition coefficient (Wildman–Crippen LogP) is 7.80. The summed E-state index contributed by atoms with van der Waals surface area (Å²) in [6.45, 7) is 19.3. The lowest BCUT2D eigenvalue weighted by molar-refractivity contribution is 0.0550. The van der Waals surface area contributed by atoms with Crippen molar-refractivity contribution in [3.8, 4) is 16.9 Å². The zero-order valence-electron chi connectivity index (χ0n) is 36.0. The Morgan fingerprint density at radius 2 is 1.20 bits per heavy atom. The number of nitrogens with one attached hydrogen (secondary N) is 2. The van der Waals surface area contributed by atoms with E-state index < -0.39 is 41.2 Å². The van der Waals surface area contributed by atoms with E-state index in [9.17, 15) is 24.3 Å². The first-order chi connectivity index (χ1) is 28.0. The molecule has 2 aromatic carbocycles. The second-order valence-electron chi connectivity index (χ2n) is 17.4. The molecule has 3 heterocycles. The third-order valence-electron chi connectivity index (χ3n) is 8.90. The molecule has 0 atom stereocenters. The van der Waals surface area contributed by atoms with Gasteiger partial charge in [0.15, 0.2) is 0 Å². The van der Waals surface area contributed by atoms with Crippen LogP contribution in [0, 0.1) is 6.92 Å². The highest BCUT2D eigenvalue weighted by Gasteiger charge is 2.26. The minimum absolute atomic E-state index is 0.0607. The molecule has 320 valence electrons. The number of carbonyl (C=O) groups is 4. The molecule has 0 fully saturated rings. The van der Waals surface area contributed by atoms with Gasteiger partial charge in [-0.3, -0.25) is 10.6 Å². The number of carbonyl (C=O) groups excluding carboxylic acids is 3. The number of aliphatic imine (C=N–C) groups is 2. The van der Waals surface area contributed by atoms with Gasteiger partial charge < -0.3 is 29.1 Å². The summed E-state index contributed by atoms with van der Waals surface area (Å²) >= 11 is 0. The lowest BCUT2D eigenvalue weighted by atomic mass is 9.95. The molecule has 2 aliphatic heterocycles. The Bertz CT molecular complexity index is 2220. The molecule has 3 aromatic rings. The predicted molar refractivity (Wildman–Crippen MR) is 228 cm³/mol. The van der Waals surface area contributed by atoms with Gasteiger partial charge in [-0.25, -0.2) is 23.9 Å². The van der Waals surface area contributed by atoms with Gasteiger partial charge in [0.05, 0.1) is 11.9 Å². The maximum absolute atomic E-state index is 12.7. The Morgan fingerprint density at radius 1 is 0.700 bits per heavy atom. The Kier molecular flexibility index (Phi) is 13.5. The van der Waals surface area contributed by atoms with Crippen LogP contribution < -0.4 is 10.6 Å². The normalized spacial score (nSPS) is 15.4. The first-order valence-corrected chi connectivity index (χ1v) is 19.7. The van der Waals surface area contributed by atoms with E-state index in [2.05, 4.69) is 43.1 Å². The van der Waals surface area contributed by atoms with Crippen LogP contribution in [-0.2, 0) is 14.2 Å². The van der Waals surface area contributed by atoms with Crippen molar-refractivity contribution in [2.75, 3.05) is 26.2 Å². The summed E-state index contributed by atoms with van der Waals surface area (Å²) in [4.78, 5) is 60.4. The summed E-state index contributed by atoms with van der Waals surface area (Å²) in [5.74, 6) is -0.0222. The molecule has 0 bridgehead atoms. The fourth-order valence-corrected chi connectivity index (χ4v) is 6.33. The monoisotopic (exact) mass is 825 g/mol. The van der Waals surface area contributed by atoms with E-state index in [1.165, 1.54) is 0 Å². The minimum Gasteiger partial charge on any atom is -0.465 e. The van der Waals surface area contributed by atoms with E-state index in [1.807, 2.05) is 55.6 Å². The molecular weight excluding hydrogens is 771 g/mol. The van der Waals surface area contributed by atoms with E-state index in [-0.39, 0.29) is 11.9 Å². The summed E-state index contributed by atoms with van der Waals surface area (Å²) in [5, 5.41) is 23.0. The second-order valence-corrected chi connectivity index (χ2v) is 17.4. The van der Waals surface area contributed by atoms with Crippen LogP contribution >= 0.6 is 0 Å². The number of nitrogens with zero attached hydrogens (tertiary/aromatic N) is 7. The highest BCUT2D eigenvalue weighted by Crippen LogP contribution is 2.30. The highest BCUT2D eigenvalue weighted by atomic mass is 16.6. The van der Waals surface area contributed by atoms with E-state index in [4.69, 9.17) is 14.2 Å². The van der Waals surface area contributed by atoms with Crippen molar-refractivity contribution in [3.63, 3.8) is 0 Å². The van der Waals surface area contributed by atoms with Gasteiger partial charge >= 0.3 is 24.4 Å². The van der Waals surface area contributed by atoms with Crippen LogP contribution in [0.5, 0.6) is 0 Å². The van der Waals surface area contributed by atoms with Crippen molar-refractivity contribution in [3.05, 3.63) is 77.5 Å². The Balaban J connectivity index is 1.24. The summed E-state index contributed by atoms with van der Waals surface area (Å²) in [6.07, 6.45) is 3.42. The maximum Gasteiger partial charge on any atom is 0.437 e. The van der Waals surface area contributed by atoms with Crippen molar-refractivity contribution in [1.82, 2.24) is 35.4 Å². The molecule has 60 heavy (non-hydrogen) atoms. The summed E-state index contributed by atoms with van der Waals surface area (Å²) in [5.41, 5.74) is 5.51. The van der Waals surface area contributed by atoms with E-state index in [1.54, 1.807) is 76.8 Å². The van der Waals surface area contributed by atoms with Crippen LogP contribution in [0.3, 0.4) is 0 Å². The molecule has 3 N–H and O–H groups in total. The molecule has 4 amide bonds. The number of amides is 4. The molecule has 0 saturated carbocycles. The van der Waals surface area contributed by atoms with Gasteiger partial charge in [-0.2, -0.15) is 0 Å². The molecule has 17 nitrogen and oxygen atoms in total. The van der Waals surface area contributed by atoms with Crippen LogP contribution in [0.15, 0.2) is 70.8 Å². The lowest BCUT2D eigenvalue weighted by Gasteiger charge is -2.30. The van der Waals surface area contributed by atoms with Crippen LogP contribution in [-0.4, -0.2) is 109 Å². The SMILES string of the molecule is Cc1cc(C2=CCN(/C(=N/C(=O)OC(C)(C)C)NC(=O)OC(C)(C)C)CC2)ccc1-c1cn(-c2ccc(C3=CCN(C(=NC(=O)OC(C)(C)C)NC(=O)O)CC3)cc2)nn1. The molecule has 5 rings (SSSR count). The van der Waals surface area contributed by atoms with Crippen molar-refractivity contribution in [1.29, 1.82) is 0 Å². The molecule has 0 aliphatic carbocycles. The Hall–Kier alpha value is -6.52. The second kappa shape index (κ2) is 18.2. The number of carboxylic acid groups (broad SMARTS) is 1. The van der Waals surface area contributed by atoms with Crippen LogP contribution in [0.2, 0.25) is 0 Å². The molecule has 17 heteroatoms. The number of benzene rings is 2. The molecule has 0 spiro atoms. The summed E-state index contributed by atoms with van der Waals surface area (Å²) in [6, 6.07) is 14.1. The number of ether oxygens (including phenoxy) is 3. The lowest BCUT2D eigenvalue weighted by Crippen LogP contribution is -2.48. The van der Waals surface area contributed by atoms with E-state index in [0.29, 0.717) is 39.0 Å². The van der Waals surface area contributed by atoms with E-state index >= 15 is 0 Å². The Labute approximate surface area is 350 Å². The smallest absolute Gasteiger partial charge is 0.437 e. The quantitative estimate of drug-likeness (QED) is 0.131. The first kappa shape index (κ1) is 44.6. The van der Waals surface area contributed by atoms with Gasteiger partial charge in [0.25, 0.3) is 0 Å². The third-order valence-corrected chi connectivity index (χ3v) is 8.90. The summed E-state index contributed by atoms with van der Waals surface area (Å²) < 4.78 is 17.8. The molecule has 0 unspecified atom stereocenters. The maximum atomic E-state index is 12.7. The average molecular weight is 826 g/mol. The number of aryl methyl sites for hydroxylation is 1. The molecule has 0 radical (unpaired) electrons. The molecule has 2 aliphatic rings. The van der Waals surface area contributed by atoms with Gasteiger partial charge in [-0.05, 0) is 122 Å². The molecular formula is C43H55N9O8. The average Bonchev–Trinajstić information content (AvgIpc) is 3.62. The van der Waals surface area contributed by atoms with Crippen molar-refractivity contribution >= 4 is 47.4 Å². The number of aromatic nitrogens is 3. The van der Waals surface area contributed by atoms with Crippen molar-refractivity contribution in [2.24, 2.45) is 9.98 Å². The fraction of sp³-hybridized carbons (Fsp3) is 0.442. The zero-order chi connectivity index (χ0) is 44.0. The van der Waals surface area contributed by atoms with E-state index in [0.717, 1.165) is 44.8 Å². The zero-order valence-corrected chi connectivity index (χ0v) is 36.0. The van der Waals surface area contributed by atoms with Gasteiger partial charge in [0.1, 0.15) is 22.5 Å². The fourth-order valence-electron chi connectivity index (χ4n) is 6.33. The van der Waals surface area contributed by atoms with Gasteiger partial charge in [-0.15, -0.1) is 15.1 Å². The number of guanidine groups is 2. The first-order valence-electron chi connectivity index (χ1n) is 19.7. The van der Waals surface area contributed by atoms with Crippen molar-refractivity contribution in [2.45, 2.75) is 98.9 Å². The number of rotatable bonds is 4. The standard InChI is InChI=1S/C43H55N9O8/c1-27-25-31(30-19-23-51(24-20-30)36(46-39(56)59-42(5,6)7)47-40(57)60-43(8,9)10)13-16-33(27)34-26-52(49-48-34)32-14-11-28(12-15-32)29-17-21-50(22-18-29)35(44-37(53)54)45-38(55)58-41(2,3)4/h11-17,19,25-26H,18,20-24H2,1-10H3,(H,53,54)(H,44,45,55)(H,46,47,56,57). The highest BCUT2D eigenvalue weighted by molar-refractivity contribution is 6.00. The van der Waals surface area contributed by atoms with Gasteiger partial charge in [0, 0.05) is 31.7 Å². The topological polar surface area (TPSA) is 202 Å².